The van der Waals surface area contributed by atoms with E-state index in [1.54, 1.807) is 6.07 Å². The van der Waals surface area contributed by atoms with E-state index in [2.05, 4.69) is 22.3 Å². The van der Waals surface area contributed by atoms with Crippen molar-refractivity contribution >= 4 is 11.0 Å². The van der Waals surface area contributed by atoms with Gasteiger partial charge in [-0.2, -0.15) is 5.10 Å². The number of hydrogen-bond donors (Lipinski definition) is 2. The van der Waals surface area contributed by atoms with Crippen molar-refractivity contribution in [2.45, 2.75) is 20.8 Å². The number of hydrogen-bond acceptors (Lipinski definition) is 3. The standard InChI is InChI=1S/C20H18N2O2/c1-11-5-7-15(18(23)8-11)16-10-17(22-21-16)20-13(3)14-6-4-12(2)9-19(14)24-20/h4-10,23H,1-3H3,(H,21,22). The summed E-state index contributed by atoms with van der Waals surface area (Å²) in [6, 6.07) is 13.7. The van der Waals surface area contributed by atoms with E-state index in [1.807, 2.05) is 45.0 Å². The average molecular weight is 318 g/mol. The van der Waals surface area contributed by atoms with E-state index >= 15 is 0 Å². The van der Waals surface area contributed by atoms with Crippen molar-refractivity contribution in [2.24, 2.45) is 0 Å². The fourth-order valence-electron chi connectivity index (χ4n) is 3.02. The lowest BCUT2D eigenvalue weighted by Gasteiger charge is -2.01. The van der Waals surface area contributed by atoms with Gasteiger partial charge in [0.05, 0.1) is 5.69 Å². The summed E-state index contributed by atoms with van der Waals surface area (Å²) in [5.41, 5.74) is 6.32. The van der Waals surface area contributed by atoms with Crippen LogP contribution in [0.2, 0.25) is 0 Å². The molecule has 24 heavy (non-hydrogen) atoms. The molecule has 120 valence electrons. The van der Waals surface area contributed by atoms with Crippen molar-refractivity contribution in [1.82, 2.24) is 10.2 Å². The highest BCUT2D eigenvalue weighted by atomic mass is 16.3. The lowest BCUT2D eigenvalue weighted by atomic mass is 10.1. The second kappa shape index (κ2) is 5.27. The molecule has 2 N–H and O–H groups in total. The van der Waals surface area contributed by atoms with Crippen molar-refractivity contribution in [1.29, 1.82) is 0 Å². The molecule has 0 saturated heterocycles. The predicted octanol–water partition coefficient (Wildman–Crippen LogP) is 5.12. The van der Waals surface area contributed by atoms with Gasteiger partial charge < -0.3 is 9.52 Å². The molecule has 2 aromatic carbocycles. The van der Waals surface area contributed by atoms with E-state index < -0.39 is 0 Å². The molecule has 4 heteroatoms. The molecular formula is C20H18N2O2. The lowest BCUT2D eigenvalue weighted by Crippen LogP contribution is -1.80. The summed E-state index contributed by atoms with van der Waals surface area (Å²) < 4.78 is 6.03. The van der Waals surface area contributed by atoms with E-state index in [4.69, 9.17) is 4.42 Å². The van der Waals surface area contributed by atoms with Crippen molar-refractivity contribution in [3.05, 3.63) is 59.2 Å². The van der Waals surface area contributed by atoms with Gasteiger partial charge in [0.15, 0.2) is 5.76 Å². The number of phenolic OH excluding ortho intramolecular Hbond substituents is 1. The zero-order chi connectivity index (χ0) is 16.8. The molecule has 0 bridgehead atoms. The minimum absolute atomic E-state index is 0.227. The first-order valence-electron chi connectivity index (χ1n) is 7.88. The molecule has 0 atom stereocenters. The van der Waals surface area contributed by atoms with E-state index in [0.717, 1.165) is 39.1 Å². The Kier molecular flexibility index (Phi) is 3.20. The molecule has 0 radical (unpaired) electrons. The summed E-state index contributed by atoms with van der Waals surface area (Å²) in [7, 11) is 0. The van der Waals surface area contributed by atoms with E-state index in [1.165, 1.54) is 0 Å². The number of nitrogens with one attached hydrogen (secondary N) is 1. The molecule has 0 aliphatic rings. The Bertz CT molecular complexity index is 1060. The van der Waals surface area contributed by atoms with Crippen LogP contribution in [0.1, 0.15) is 16.7 Å². The van der Waals surface area contributed by atoms with Crippen LogP contribution in [0.25, 0.3) is 33.7 Å². The smallest absolute Gasteiger partial charge is 0.156 e. The molecule has 0 aliphatic heterocycles. The van der Waals surface area contributed by atoms with Gasteiger partial charge in [-0.25, -0.2) is 0 Å². The van der Waals surface area contributed by atoms with E-state index in [0.29, 0.717) is 11.3 Å². The summed E-state index contributed by atoms with van der Waals surface area (Å²) in [5.74, 6) is 1.01. The van der Waals surface area contributed by atoms with Gasteiger partial charge in [0.2, 0.25) is 0 Å². The Morgan fingerprint density at radius 2 is 1.71 bits per heavy atom. The largest absolute Gasteiger partial charge is 0.507 e. The van der Waals surface area contributed by atoms with Crippen molar-refractivity contribution in [3.8, 4) is 28.5 Å². The van der Waals surface area contributed by atoms with Gasteiger partial charge in [-0.05, 0) is 56.2 Å². The van der Waals surface area contributed by atoms with Gasteiger partial charge in [-0.3, -0.25) is 5.10 Å². The van der Waals surface area contributed by atoms with Crippen LogP contribution in [-0.4, -0.2) is 15.3 Å². The number of fused-ring (bicyclic) bond motifs is 1. The number of aromatic nitrogens is 2. The second-order valence-electron chi connectivity index (χ2n) is 6.24. The highest BCUT2D eigenvalue weighted by molar-refractivity contribution is 5.88. The predicted molar refractivity (Wildman–Crippen MR) is 95.1 cm³/mol. The van der Waals surface area contributed by atoms with Crippen molar-refractivity contribution < 1.29 is 9.52 Å². The highest BCUT2D eigenvalue weighted by Gasteiger charge is 2.16. The number of aryl methyl sites for hydroxylation is 3. The fraction of sp³-hybridized carbons (Fsp3) is 0.150. The first-order valence-corrected chi connectivity index (χ1v) is 7.88. The number of furan rings is 1. The van der Waals surface area contributed by atoms with E-state index in [-0.39, 0.29) is 5.75 Å². The summed E-state index contributed by atoms with van der Waals surface area (Å²) in [4.78, 5) is 0. The summed E-state index contributed by atoms with van der Waals surface area (Å²) >= 11 is 0. The number of benzene rings is 2. The lowest BCUT2D eigenvalue weighted by molar-refractivity contribution is 0.476. The Hall–Kier alpha value is -3.01. The zero-order valence-corrected chi connectivity index (χ0v) is 13.8. The molecule has 0 spiro atoms. The molecule has 2 heterocycles. The quantitative estimate of drug-likeness (QED) is 0.539. The summed E-state index contributed by atoms with van der Waals surface area (Å²) in [5, 5.41) is 18.6. The van der Waals surface area contributed by atoms with Gasteiger partial charge >= 0.3 is 0 Å². The van der Waals surface area contributed by atoms with Gasteiger partial charge in [-0.1, -0.05) is 18.2 Å². The van der Waals surface area contributed by atoms with Crippen LogP contribution < -0.4 is 0 Å². The summed E-state index contributed by atoms with van der Waals surface area (Å²) in [6.07, 6.45) is 0. The van der Waals surface area contributed by atoms with Crippen LogP contribution in [0, 0.1) is 20.8 Å². The molecular weight excluding hydrogens is 300 g/mol. The summed E-state index contributed by atoms with van der Waals surface area (Å²) in [6.45, 7) is 6.03. The minimum Gasteiger partial charge on any atom is -0.507 e. The maximum Gasteiger partial charge on any atom is 0.156 e. The number of aromatic hydroxyl groups is 1. The molecule has 4 rings (SSSR count). The molecule has 0 saturated carbocycles. The monoisotopic (exact) mass is 318 g/mol. The number of H-pyrrole nitrogens is 1. The highest BCUT2D eigenvalue weighted by Crippen LogP contribution is 2.35. The molecule has 4 nitrogen and oxygen atoms in total. The van der Waals surface area contributed by atoms with Gasteiger partial charge in [0.25, 0.3) is 0 Å². The van der Waals surface area contributed by atoms with Crippen LogP contribution in [0.4, 0.5) is 0 Å². The molecule has 0 fully saturated rings. The molecule has 0 aliphatic carbocycles. The third-order valence-electron chi connectivity index (χ3n) is 4.35. The third-order valence-corrected chi connectivity index (χ3v) is 4.35. The first-order chi connectivity index (χ1) is 11.5. The second-order valence-corrected chi connectivity index (χ2v) is 6.24. The first kappa shape index (κ1) is 14.6. The molecule has 2 aromatic heterocycles. The average Bonchev–Trinajstić information content (AvgIpc) is 3.12. The normalized spacial score (nSPS) is 11.3. The molecule has 0 unspecified atom stereocenters. The van der Waals surface area contributed by atoms with Crippen LogP contribution in [-0.2, 0) is 0 Å². The molecule has 4 aromatic rings. The number of aromatic amines is 1. The Balaban J connectivity index is 1.81. The topological polar surface area (TPSA) is 62.0 Å². The Morgan fingerprint density at radius 1 is 0.958 bits per heavy atom. The SMILES string of the molecule is Cc1ccc(-c2cc(-c3oc4cc(C)ccc4c3C)[nH]n2)c(O)c1. The van der Waals surface area contributed by atoms with Crippen LogP contribution in [0.15, 0.2) is 46.9 Å². The van der Waals surface area contributed by atoms with Crippen LogP contribution in [0.5, 0.6) is 5.75 Å². The number of phenols is 1. The van der Waals surface area contributed by atoms with Crippen LogP contribution in [0.3, 0.4) is 0 Å². The van der Waals surface area contributed by atoms with Crippen molar-refractivity contribution in [2.75, 3.05) is 0 Å². The van der Waals surface area contributed by atoms with Gasteiger partial charge in [-0.15, -0.1) is 0 Å². The van der Waals surface area contributed by atoms with Crippen molar-refractivity contribution in [3.63, 3.8) is 0 Å². The maximum atomic E-state index is 10.1. The van der Waals surface area contributed by atoms with E-state index in [9.17, 15) is 5.11 Å². The maximum absolute atomic E-state index is 10.1. The van der Waals surface area contributed by atoms with Gasteiger partial charge in [0, 0.05) is 16.5 Å². The van der Waals surface area contributed by atoms with Crippen LogP contribution >= 0.6 is 0 Å². The zero-order valence-electron chi connectivity index (χ0n) is 13.8. The van der Waals surface area contributed by atoms with Gasteiger partial charge in [0.1, 0.15) is 17.0 Å². The number of nitrogens with zero attached hydrogens (tertiary/aromatic N) is 1. The molecule has 0 amide bonds. The fourth-order valence-corrected chi connectivity index (χ4v) is 3.02. The minimum atomic E-state index is 0.227. The Morgan fingerprint density at radius 3 is 2.50 bits per heavy atom. The number of rotatable bonds is 2. The third kappa shape index (κ3) is 2.27. The Labute approximate surface area is 139 Å².